The van der Waals surface area contributed by atoms with Gasteiger partial charge in [-0.2, -0.15) is 8.78 Å². The summed E-state index contributed by atoms with van der Waals surface area (Å²) in [6.07, 6.45) is 1.39. The van der Waals surface area contributed by atoms with Crippen LogP contribution in [0.2, 0.25) is 0 Å². The maximum absolute atomic E-state index is 12.3. The van der Waals surface area contributed by atoms with E-state index in [1.165, 1.54) is 24.3 Å². The fraction of sp³-hybridized carbons (Fsp3) is 0.222. The first-order valence-electron chi connectivity index (χ1n) is 7.70. The Bertz CT molecular complexity index is 763. The summed E-state index contributed by atoms with van der Waals surface area (Å²) < 4.78 is 29.8. The Morgan fingerprint density at radius 3 is 2.32 bits per heavy atom. The monoisotopic (exact) mass is 363 g/mol. The first-order chi connectivity index (χ1) is 12.0. The summed E-state index contributed by atoms with van der Waals surface area (Å²) in [4.78, 5) is 25.9. The Kier molecular flexibility index (Phi) is 5.33. The Balaban J connectivity index is 1.63. The number of carbonyl (C=O) groups is 2. The number of amides is 1. The molecule has 1 fully saturated rings. The molecule has 0 aliphatic carbocycles. The second kappa shape index (κ2) is 7.65. The molecule has 0 radical (unpaired) electrons. The lowest BCUT2D eigenvalue weighted by molar-refractivity contribution is -0.117. The van der Waals surface area contributed by atoms with Crippen LogP contribution in [0.5, 0.6) is 5.75 Å². The van der Waals surface area contributed by atoms with Crippen LogP contribution in [-0.4, -0.2) is 24.2 Å². The topological polar surface area (TPSA) is 46.6 Å². The fourth-order valence-corrected chi connectivity index (χ4v) is 3.05. The minimum atomic E-state index is -2.50. The molecule has 3 rings (SSSR count). The van der Waals surface area contributed by atoms with Crippen molar-refractivity contribution in [2.45, 2.75) is 23.5 Å². The van der Waals surface area contributed by atoms with Crippen LogP contribution >= 0.6 is 11.8 Å². The van der Waals surface area contributed by atoms with Gasteiger partial charge in [-0.05, 0) is 55.0 Å². The van der Waals surface area contributed by atoms with Gasteiger partial charge < -0.3 is 9.64 Å². The molecule has 1 heterocycles. The molecule has 0 spiro atoms. The number of carbonyl (C=O) groups excluding carboxylic acids is 2. The zero-order valence-electron chi connectivity index (χ0n) is 13.2. The number of halogens is 2. The minimum absolute atomic E-state index is 0.0894. The molecule has 4 nitrogen and oxygen atoms in total. The standard InChI is InChI=1S/C18H15F2NO3S/c19-18(20)25-15-9-3-12(4-10-15)17(23)24-14-7-5-13(6-8-14)21-11-1-2-16(21)22/h3-10,18H,1-2,11H2. The van der Waals surface area contributed by atoms with Gasteiger partial charge in [-0.25, -0.2) is 4.79 Å². The molecule has 25 heavy (non-hydrogen) atoms. The van der Waals surface area contributed by atoms with E-state index in [9.17, 15) is 18.4 Å². The highest BCUT2D eigenvalue weighted by molar-refractivity contribution is 7.99. The minimum Gasteiger partial charge on any atom is -0.423 e. The van der Waals surface area contributed by atoms with Gasteiger partial charge in [-0.15, -0.1) is 0 Å². The van der Waals surface area contributed by atoms with Crippen LogP contribution in [0.25, 0.3) is 0 Å². The second-order valence-corrected chi connectivity index (χ2v) is 6.50. The molecule has 0 N–H and O–H groups in total. The highest BCUT2D eigenvalue weighted by Crippen LogP contribution is 2.26. The maximum atomic E-state index is 12.3. The molecule has 130 valence electrons. The normalized spacial score (nSPS) is 14.2. The van der Waals surface area contributed by atoms with Crippen molar-refractivity contribution in [1.82, 2.24) is 0 Å². The van der Waals surface area contributed by atoms with E-state index in [-0.39, 0.29) is 11.5 Å². The van der Waals surface area contributed by atoms with Crippen molar-refractivity contribution >= 4 is 29.3 Å². The molecular formula is C18H15F2NO3S. The molecule has 2 aromatic rings. The maximum Gasteiger partial charge on any atom is 0.343 e. The molecule has 0 saturated carbocycles. The van der Waals surface area contributed by atoms with Gasteiger partial charge in [-0.1, -0.05) is 11.8 Å². The zero-order chi connectivity index (χ0) is 17.8. The number of alkyl halides is 2. The average Bonchev–Trinajstić information content (AvgIpc) is 3.02. The Hall–Kier alpha value is -2.41. The second-order valence-electron chi connectivity index (χ2n) is 5.44. The van der Waals surface area contributed by atoms with Crippen LogP contribution in [0.4, 0.5) is 14.5 Å². The third-order valence-electron chi connectivity index (χ3n) is 3.75. The predicted octanol–water partition coefficient (Wildman–Crippen LogP) is 4.35. The van der Waals surface area contributed by atoms with Crippen molar-refractivity contribution in [3.05, 3.63) is 54.1 Å². The van der Waals surface area contributed by atoms with E-state index in [1.807, 2.05) is 0 Å². The van der Waals surface area contributed by atoms with Crippen LogP contribution in [0.15, 0.2) is 53.4 Å². The molecule has 2 aromatic carbocycles. The van der Waals surface area contributed by atoms with Gasteiger partial charge in [-0.3, -0.25) is 4.79 Å². The van der Waals surface area contributed by atoms with E-state index in [0.29, 0.717) is 35.4 Å². The van der Waals surface area contributed by atoms with Gasteiger partial charge in [0.25, 0.3) is 5.76 Å². The van der Waals surface area contributed by atoms with Crippen molar-refractivity contribution in [3.63, 3.8) is 0 Å². The van der Waals surface area contributed by atoms with Crippen molar-refractivity contribution in [3.8, 4) is 5.75 Å². The number of ether oxygens (including phenoxy) is 1. The molecular weight excluding hydrogens is 348 g/mol. The summed E-state index contributed by atoms with van der Waals surface area (Å²) in [5.41, 5.74) is 1.05. The Morgan fingerprint density at radius 2 is 1.76 bits per heavy atom. The molecule has 1 saturated heterocycles. The van der Waals surface area contributed by atoms with Crippen molar-refractivity contribution in [2.75, 3.05) is 11.4 Å². The van der Waals surface area contributed by atoms with Gasteiger partial charge in [0.15, 0.2) is 0 Å². The highest BCUT2D eigenvalue weighted by atomic mass is 32.2. The Morgan fingerprint density at radius 1 is 1.08 bits per heavy atom. The van der Waals surface area contributed by atoms with Crippen LogP contribution in [0, 0.1) is 0 Å². The number of rotatable bonds is 5. The lowest BCUT2D eigenvalue weighted by Gasteiger charge is -2.15. The fourth-order valence-electron chi connectivity index (χ4n) is 2.55. The van der Waals surface area contributed by atoms with Gasteiger partial charge in [0.2, 0.25) is 5.91 Å². The summed E-state index contributed by atoms with van der Waals surface area (Å²) >= 11 is 0.419. The van der Waals surface area contributed by atoms with E-state index >= 15 is 0 Å². The quantitative estimate of drug-likeness (QED) is 0.450. The number of anilines is 1. The molecule has 0 atom stereocenters. The van der Waals surface area contributed by atoms with E-state index in [1.54, 1.807) is 29.2 Å². The van der Waals surface area contributed by atoms with Crippen LogP contribution in [0.3, 0.4) is 0 Å². The van der Waals surface area contributed by atoms with Crippen molar-refractivity contribution in [1.29, 1.82) is 0 Å². The average molecular weight is 363 g/mol. The number of benzene rings is 2. The SMILES string of the molecule is O=C(Oc1ccc(N2CCCC2=O)cc1)c1ccc(SC(F)F)cc1. The summed E-state index contributed by atoms with van der Waals surface area (Å²) in [6.45, 7) is 0.695. The number of nitrogens with zero attached hydrogens (tertiary/aromatic N) is 1. The van der Waals surface area contributed by atoms with E-state index in [2.05, 4.69) is 0 Å². The van der Waals surface area contributed by atoms with Crippen molar-refractivity contribution < 1.29 is 23.1 Å². The van der Waals surface area contributed by atoms with Crippen LogP contribution in [0.1, 0.15) is 23.2 Å². The predicted molar refractivity (Wildman–Crippen MR) is 91.3 cm³/mol. The summed E-state index contributed by atoms with van der Waals surface area (Å²) in [5.74, 6) is -2.63. The number of hydrogen-bond donors (Lipinski definition) is 0. The van der Waals surface area contributed by atoms with Crippen LogP contribution in [-0.2, 0) is 4.79 Å². The lowest BCUT2D eigenvalue weighted by Crippen LogP contribution is -2.23. The van der Waals surface area contributed by atoms with E-state index in [0.717, 1.165) is 12.1 Å². The van der Waals surface area contributed by atoms with E-state index in [4.69, 9.17) is 4.74 Å². The summed E-state index contributed by atoms with van der Waals surface area (Å²) in [6, 6.07) is 12.5. The van der Waals surface area contributed by atoms with Gasteiger partial charge in [0.05, 0.1) is 5.56 Å². The molecule has 0 unspecified atom stereocenters. The molecule has 1 aliphatic rings. The third kappa shape index (κ3) is 4.36. The van der Waals surface area contributed by atoms with Crippen LogP contribution < -0.4 is 9.64 Å². The van der Waals surface area contributed by atoms with Gasteiger partial charge >= 0.3 is 5.97 Å². The smallest absolute Gasteiger partial charge is 0.343 e. The summed E-state index contributed by atoms with van der Waals surface area (Å²) in [5, 5.41) is 0. The van der Waals surface area contributed by atoms with E-state index < -0.39 is 11.7 Å². The Labute approximate surface area is 147 Å². The molecule has 7 heteroatoms. The molecule has 1 aliphatic heterocycles. The zero-order valence-corrected chi connectivity index (χ0v) is 14.0. The number of thioether (sulfide) groups is 1. The van der Waals surface area contributed by atoms with Gasteiger partial charge in [0.1, 0.15) is 5.75 Å². The number of esters is 1. The molecule has 1 amide bonds. The highest BCUT2D eigenvalue weighted by Gasteiger charge is 2.21. The van der Waals surface area contributed by atoms with Crippen molar-refractivity contribution in [2.24, 2.45) is 0 Å². The third-order valence-corrected chi connectivity index (χ3v) is 4.47. The lowest BCUT2D eigenvalue weighted by atomic mass is 10.2. The largest absolute Gasteiger partial charge is 0.423 e. The number of hydrogen-bond acceptors (Lipinski definition) is 4. The molecule has 0 aromatic heterocycles. The summed E-state index contributed by atoms with van der Waals surface area (Å²) in [7, 11) is 0. The first kappa shape index (κ1) is 17.4. The first-order valence-corrected chi connectivity index (χ1v) is 8.58. The molecule has 0 bridgehead atoms. The van der Waals surface area contributed by atoms with Gasteiger partial charge in [0, 0.05) is 23.5 Å².